The van der Waals surface area contributed by atoms with Gasteiger partial charge in [-0.15, -0.1) is 11.3 Å². The molecule has 0 unspecified atom stereocenters. The van der Waals surface area contributed by atoms with Gasteiger partial charge in [0.05, 0.1) is 20.3 Å². The number of carbonyl (C=O) groups is 1. The smallest absolute Gasteiger partial charge is 0.256 e. The van der Waals surface area contributed by atoms with Crippen molar-refractivity contribution in [3.05, 3.63) is 101 Å². The van der Waals surface area contributed by atoms with Crippen molar-refractivity contribution in [2.75, 3.05) is 24.9 Å². The summed E-state index contributed by atoms with van der Waals surface area (Å²) in [6, 6.07) is 22.4. The summed E-state index contributed by atoms with van der Waals surface area (Å²) < 4.78 is 11.1. The molecule has 0 saturated carbocycles. The van der Waals surface area contributed by atoms with Gasteiger partial charge in [-0.1, -0.05) is 24.3 Å². The fourth-order valence-corrected chi connectivity index (χ4v) is 4.53. The van der Waals surface area contributed by atoms with E-state index in [0.717, 1.165) is 21.0 Å². The van der Waals surface area contributed by atoms with E-state index in [2.05, 4.69) is 21.7 Å². The maximum absolute atomic E-state index is 12.9. The van der Waals surface area contributed by atoms with E-state index < -0.39 is 0 Å². The first-order chi connectivity index (χ1) is 16.1. The Morgan fingerprint density at radius 2 is 1.73 bits per heavy atom. The Morgan fingerprint density at radius 3 is 2.42 bits per heavy atom. The number of methoxy groups -OCH3 is 2. The molecule has 4 aromatic rings. The molecule has 2 aromatic carbocycles. The average Bonchev–Trinajstić information content (AvgIpc) is 3.22. The van der Waals surface area contributed by atoms with Gasteiger partial charge >= 0.3 is 0 Å². The van der Waals surface area contributed by atoms with Crippen molar-refractivity contribution in [3.63, 3.8) is 0 Å². The van der Waals surface area contributed by atoms with Gasteiger partial charge in [-0.25, -0.2) is 4.98 Å². The van der Waals surface area contributed by atoms with Crippen LogP contribution in [0.4, 0.5) is 10.8 Å². The monoisotopic (exact) mass is 459 g/mol. The highest BCUT2D eigenvalue weighted by Gasteiger charge is 2.25. The molecule has 168 valence electrons. The molecule has 7 heteroatoms. The SMILES string of the molecule is COc1ccc([C@@H](Nc2ccccn2)c2cc(C)sc2NC(=O)c2ccccc2)c(OC)c1. The lowest BCUT2D eigenvalue weighted by molar-refractivity contribution is 0.102. The van der Waals surface area contributed by atoms with Crippen LogP contribution in [0.1, 0.15) is 32.4 Å². The van der Waals surface area contributed by atoms with Crippen molar-refractivity contribution in [1.82, 2.24) is 4.98 Å². The first kappa shape index (κ1) is 22.4. The Hall–Kier alpha value is -3.84. The van der Waals surface area contributed by atoms with E-state index in [1.807, 2.05) is 61.5 Å². The highest BCUT2D eigenvalue weighted by Crippen LogP contribution is 2.41. The number of amides is 1. The van der Waals surface area contributed by atoms with Gasteiger partial charge in [0.2, 0.25) is 0 Å². The Bertz CT molecular complexity index is 1230. The van der Waals surface area contributed by atoms with Crippen LogP contribution in [0.5, 0.6) is 11.5 Å². The van der Waals surface area contributed by atoms with Gasteiger partial charge in [0.25, 0.3) is 5.91 Å². The Balaban J connectivity index is 1.78. The molecule has 0 aliphatic carbocycles. The number of hydrogen-bond acceptors (Lipinski definition) is 6. The molecule has 1 amide bonds. The number of anilines is 2. The third-order valence-electron chi connectivity index (χ3n) is 5.17. The number of ether oxygens (including phenoxy) is 2. The molecule has 0 radical (unpaired) electrons. The zero-order valence-electron chi connectivity index (χ0n) is 18.7. The van der Waals surface area contributed by atoms with Crippen molar-refractivity contribution < 1.29 is 14.3 Å². The fourth-order valence-electron chi connectivity index (χ4n) is 3.59. The molecule has 2 heterocycles. The van der Waals surface area contributed by atoms with Crippen molar-refractivity contribution >= 4 is 28.1 Å². The van der Waals surface area contributed by atoms with Crippen LogP contribution in [0.3, 0.4) is 0 Å². The van der Waals surface area contributed by atoms with Crippen LogP contribution in [-0.2, 0) is 0 Å². The number of aromatic nitrogens is 1. The predicted molar refractivity (Wildman–Crippen MR) is 133 cm³/mol. The lowest BCUT2D eigenvalue weighted by Gasteiger charge is -2.23. The summed E-state index contributed by atoms with van der Waals surface area (Å²) in [5.41, 5.74) is 2.43. The first-order valence-corrected chi connectivity index (χ1v) is 11.3. The van der Waals surface area contributed by atoms with E-state index in [1.54, 1.807) is 32.5 Å². The van der Waals surface area contributed by atoms with Crippen LogP contribution in [0.15, 0.2) is 79.0 Å². The highest BCUT2D eigenvalue weighted by atomic mass is 32.1. The summed E-state index contributed by atoms with van der Waals surface area (Å²) in [5, 5.41) is 7.38. The number of nitrogens with one attached hydrogen (secondary N) is 2. The van der Waals surface area contributed by atoms with Crippen LogP contribution >= 0.6 is 11.3 Å². The van der Waals surface area contributed by atoms with Gasteiger partial charge in [-0.2, -0.15) is 0 Å². The number of carbonyl (C=O) groups excluding carboxylic acids is 1. The largest absolute Gasteiger partial charge is 0.497 e. The summed E-state index contributed by atoms with van der Waals surface area (Å²) in [4.78, 5) is 18.4. The van der Waals surface area contributed by atoms with Gasteiger partial charge in [0, 0.05) is 33.8 Å². The molecule has 33 heavy (non-hydrogen) atoms. The molecular weight excluding hydrogens is 434 g/mol. The maximum Gasteiger partial charge on any atom is 0.256 e. The van der Waals surface area contributed by atoms with Crippen molar-refractivity contribution in [3.8, 4) is 11.5 Å². The van der Waals surface area contributed by atoms with Crippen LogP contribution in [-0.4, -0.2) is 25.1 Å². The number of hydrogen-bond donors (Lipinski definition) is 2. The number of nitrogens with zero attached hydrogens (tertiary/aromatic N) is 1. The fraction of sp³-hybridized carbons (Fsp3) is 0.154. The minimum absolute atomic E-state index is 0.156. The van der Waals surface area contributed by atoms with Gasteiger partial charge in [0.1, 0.15) is 22.3 Å². The molecule has 0 aliphatic heterocycles. The number of rotatable bonds is 8. The molecule has 1 atom stereocenters. The van der Waals surface area contributed by atoms with E-state index >= 15 is 0 Å². The number of pyridine rings is 1. The van der Waals surface area contributed by atoms with Crippen molar-refractivity contribution in [2.24, 2.45) is 0 Å². The van der Waals surface area contributed by atoms with E-state index in [1.165, 1.54) is 11.3 Å². The summed E-state index contributed by atoms with van der Waals surface area (Å²) in [5.74, 6) is 1.93. The summed E-state index contributed by atoms with van der Waals surface area (Å²) in [6.45, 7) is 2.02. The third kappa shape index (κ3) is 5.15. The van der Waals surface area contributed by atoms with E-state index in [4.69, 9.17) is 9.47 Å². The van der Waals surface area contributed by atoms with Crippen molar-refractivity contribution in [2.45, 2.75) is 13.0 Å². The lowest BCUT2D eigenvalue weighted by atomic mass is 9.98. The zero-order valence-corrected chi connectivity index (χ0v) is 19.5. The van der Waals surface area contributed by atoms with Crippen LogP contribution in [0.25, 0.3) is 0 Å². The minimum Gasteiger partial charge on any atom is -0.497 e. The standard InChI is InChI=1S/C26H25N3O3S/c1-17-15-21(26(33-17)29-25(30)18-9-5-4-6-10-18)24(28-23-11-7-8-14-27-23)20-13-12-19(31-2)16-22(20)32-3/h4-16,24H,1-3H3,(H,27,28)(H,29,30)/t24-/m1/s1. The van der Waals surface area contributed by atoms with Gasteiger partial charge in [-0.05, 0) is 49.4 Å². The summed E-state index contributed by atoms with van der Waals surface area (Å²) in [7, 11) is 3.25. The molecule has 2 N–H and O–H groups in total. The first-order valence-electron chi connectivity index (χ1n) is 10.4. The summed E-state index contributed by atoms with van der Waals surface area (Å²) in [6.07, 6.45) is 1.74. The molecule has 0 aliphatic rings. The molecule has 4 rings (SSSR count). The topological polar surface area (TPSA) is 72.5 Å². The predicted octanol–water partition coefficient (Wildman–Crippen LogP) is 5.92. The molecule has 2 aromatic heterocycles. The van der Waals surface area contributed by atoms with E-state index in [-0.39, 0.29) is 11.9 Å². The second-order valence-corrected chi connectivity index (χ2v) is 8.62. The van der Waals surface area contributed by atoms with Gasteiger partial charge < -0.3 is 20.1 Å². The molecule has 0 fully saturated rings. The van der Waals surface area contributed by atoms with Crippen LogP contribution < -0.4 is 20.1 Å². The Labute approximate surface area is 197 Å². The Kier molecular flexibility index (Phi) is 6.90. The quantitative estimate of drug-likeness (QED) is 0.342. The Morgan fingerprint density at radius 1 is 0.939 bits per heavy atom. The zero-order chi connectivity index (χ0) is 23.2. The molecule has 6 nitrogen and oxygen atoms in total. The average molecular weight is 460 g/mol. The number of aryl methyl sites for hydroxylation is 1. The number of benzene rings is 2. The van der Waals surface area contributed by atoms with Crippen LogP contribution in [0, 0.1) is 6.92 Å². The third-order valence-corrected chi connectivity index (χ3v) is 6.15. The molecule has 0 spiro atoms. The second-order valence-electron chi connectivity index (χ2n) is 7.36. The van der Waals surface area contributed by atoms with Crippen LogP contribution in [0.2, 0.25) is 0 Å². The normalized spacial score (nSPS) is 11.5. The number of thiophene rings is 1. The highest BCUT2D eigenvalue weighted by molar-refractivity contribution is 7.16. The molecular formula is C26H25N3O3S. The van der Waals surface area contributed by atoms with Gasteiger partial charge in [0.15, 0.2) is 0 Å². The second kappa shape index (κ2) is 10.2. The minimum atomic E-state index is -0.322. The molecule has 0 saturated heterocycles. The summed E-state index contributed by atoms with van der Waals surface area (Å²) >= 11 is 1.53. The molecule has 0 bridgehead atoms. The maximum atomic E-state index is 12.9. The lowest BCUT2D eigenvalue weighted by Crippen LogP contribution is -2.17. The van der Waals surface area contributed by atoms with Gasteiger partial charge in [-0.3, -0.25) is 4.79 Å². The van der Waals surface area contributed by atoms with E-state index in [9.17, 15) is 4.79 Å². The van der Waals surface area contributed by atoms with Crippen molar-refractivity contribution in [1.29, 1.82) is 0 Å². The van der Waals surface area contributed by atoms with E-state index in [0.29, 0.717) is 22.9 Å².